The third-order valence-electron chi connectivity index (χ3n) is 2.57. The Morgan fingerprint density at radius 2 is 2.16 bits per heavy atom. The maximum Gasteiger partial charge on any atom is 0.372 e. The monoisotopic (exact) mass is 275 g/mol. The molecule has 0 aliphatic heterocycles. The number of carboxylic acid groups (broad SMARTS) is 1. The third kappa shape index (κ3) is 2.34. The van der Waals surface area contributed by atoms with Crippen LogP contribution in [0.1, 0.15) is 16.1 Å². The van der Waals surface area contributed by atoms with Gasteiger partial charge in [-0.2, -0.15) is 0 Å². The van der Waals surface area contributed by atoms with Crippen LogP contribution in [-0.2, 0) is 5.75 Å². The quantitative estimate of drug-likeness (QED) is 0.735. The molecule has 0 amide bonds. The summed E-state index contributed by atoms with van der Waals surface area (Å²) < 4.78 is 10.5. The number of hydrogen-bond acceptors (Lipinski definition) is 5. The summed E-state index contributed by atoms with van der Waals surface area (Å²) >= 11 is 1.33. The van der Waals surface area contributed by atoms with E-state index in [1.165, 1.54) is 18.0 Å². The lowest BCUT2D eigenvalue weighted by molar-refractivity contribution is 0.0661. The highest BCUT2D eigenvalue weighted by Gasteiger charge is 2.15. The molecule has 0 spiro atoms. The minimum Gasteiger partial charge on any atom is -0.475 e. The highest BCUT2D eigenvalue weighted by Crippen LogP contribution is 2.27. The highest BCUT2D eigenvalue weighted by atomic mass is 32.2. The second-order valence-corrected chi connectivity index (χ2v) is 4.74. The van der Waals surface area contributed by atoms with Gasteiger partial charge in [-0.05, 0) is 18.2 Å². The van der Waals surface area contributed by atoms with Crippen LogP contribution in [0.25, 0.3) is 11.1 Å². The van der Waals surface area contributed by atoms with Gasteiger partial charge in [0, 0.05) is 11.3 Å². The fraction of sp³-hybridized carbons (Fsp3) is 0.0769. The normalized spacial score (nSPS) is 10.9. The highest BCUT2D eigenvalue weighted by molar-refractivity contribution is 7.98. The van der Waals surface area contributed by atoms with Crippen molar-refractivity contribution in [1.29, 1.82) is 0 Å². The lowest BCUT2D eigenvalue weighted by Crippen LogP contribution is -1.97. The number of carboxylic acids is 1. The van der Waals surface area contributed by atoms with Crippen molar-refractivity contribution in [3.05, 3.63) is 47.9 Å². The van der Waals surface area contributed by atoms with E-state index in [2.05, 4.69) is 4.98 Å². The zero-order chi connectivity index (χ0) is 13.2. The van der Waals surface area contributed by atoms with Crippen LogP contribution in [-0.4, -0.2) is 16.1 Å². The number of rotatable bonds is 4. The number of aromatic carboxylic acids is 1. The topological polar surface area (TPSA) is 76.5 Å². The Hall–Kier alpha value is -2.21. The van der Waals surface area contributed by atoms with Gasteiger partial charge in [-0.25, -0.2) is 9.78 Å². The summed E-state index contributed by atoms with van der Waals surface area (Å²) in [6, 6.07) is 9.11. The average molecular weight is 275 g/mol. The Morgan fingerprint density at radius 1 is 1.32 bits per heavy atom. The molecule has 2 aromatic heterocycles. The molecule has 3 aromatic rings. The Labute approximate surface area is 112 Å². The molecular formula is C13H9NO4S. The van der Waals surface area contributed by atoms with Crippen molar-refractivity contribution in [1.82, 2.24) is 4.98 Å². The van der Waals surface area contributed by atoms with Gasteiger partial charge < -0.3 is 13.9 Å². The molecule has 0 bridgehead atoms. The Kier molecular flexibility index (Phi) is 3.00. The van der Waals surface area contributed by atoms with Crippen molar-refractivity contribution in [2.24, 2.45) is 0 Å². The van der Waals surface area contributed by atoms with Crippen LogP contribution >= 0.6 is 11.8 Å². The van der Waals surface area contributed by atoms with E-state index < -0.39 is 5.97 Å². The third-order valence-corrected chi connectivity index (χ3v) is 3.44. The first-order chi connectivity index (χ1) is 9.24. The number of aromatic nitrogens is 1. The minimum atomic E-state index is -1.07. The van der Waals surface area contributed by atoms with E-state index in [-0.39, 0.29) is 5.76 Å². The van der Waals surface area contributed by atoms with Gasteiger partial charge in [0.15, 0.2) is 5.58 Å². The zero-order valence-corrected chi connectivity index (χ0v) is 10.5. The molecule has 0 radical (unpaired) electrons. The molecule has 0 saturated carbocycles. The fourth-order valence-electron chi connectivity index (χ4n) is 1.69. The number of oxazole rings is 1. The number of furan rings is 1. The van der Waals surface area contributed by atoms with Crippen LogP contribution in [0.3, 0.4) is 0 Å². The van der Waals surface area contributed by atoms with Gasteiger partial charge in [0.1, 0.15) is 5.52 Å². The predicted octanol–water partition coefficient (Wildman–Crippen LogP) is 3.41. The average Bonchev–Trinajstić information content (AvgIpc) is 3.02. The maximum atomic E-state index is 10.9. The van der Waals surface area contributed by atoms with Crippen molar-refractivity contribution in [2.45, 2.75) is 11.0 Å². The van der Waals surface area contributed by atoms with Gasteiger partial charge in [0.2, 0.25) is 5.76 Å². The van der Waals surface area contributed by atoms with E-state index in [1.54, 1.807) is 6.07 Å². The van der Waals surface area contributed by atoms with Gasteiger partial charge >= 0.3 is 5.97 Å². The van der Waals surface area contributed by atoms with Crippen molar-refractivity contribution in [3.8, 4) is 0 Å². The second-order valence-electron chi connectivity index (χ2n) is 3.82. The number of nitrogens with zero attached hydrogens (tertiary/aromatic N) is 1. The summed E-state index contributed by atoms with van der Waals surface area (Å²) in [5, 5.41) is 9.44. The number of benzene rings is 1. The molecule has 6 heteroatoms. The summed E-state index contributed by atoms with van der Waals surface area (Å²) in [6.07, 6.45) is 1.37. The van der Waals surface area contributed by atoms with Crippen molar-refractivity contribution < 1.29 is 18.7 Å². The lowest BCUT2D eigenvalue weighted by atomic mass is 10.3. The Morgan fingerprint density at radius 3 is 2.95 bits per heavy atom. The standard InChI is InChI=1S/C13H9NO4S/c15-12(16)11-8(5-6-17-11)7-19-13-14-9-3-1-2-4-10(9)18-13/h1-6H,7H2,(H,15,16). The second kappa shape index (κ2) is 4.81. The molecule has 96 valence electrons. The van der Waals surface area contributed by atoms with Crippen LogP contribution < -0.4 is 0 Å². The number of thioether (sulfide) groups is 1. The van der Waals surface area contributed by atoms with Crippen LogP contribution in [0.15, 0.2) is 50.7 Å². The molecule has 2 heterocycles. The van der Waals surface area contributed by atoms with E-state index >= 15 is 0 Å². The van der Waals surface area contributed by atoms with Crippen LogP contribution in [0.2, 0.25) is 0 Å². The van der Waals surface area contributed by atoms with E-state index in [4.69, 9.17) is 13.9 Å². The molecular weight excluding hydrogens is 266 g/mol. The summed E-state index contributed by atoms with van der Waals surface area (Å²) in [4.78, 5) is 15.2. The molecule has 1 aromatic carbocycles. The van der Waals surface area contributed by atoms with Crippen LogP contribution in [0, 0.1) is 0 Å². The first kappa shape index (κ1) is 11.9. The molecule has 0 aliphatic carbocycles. The SMILES string of the molecule is O=C(O)c1occc1CSc1nc2ccccc2o1. The summed E-state index contributed by atoms with van der Waals surface area (Å²) in [5.41, 5.74) is 2.12. The Bertz CT molecular complexity index is 698. The van der Waals surface area contributed by atoms with Crippen molar-refractivity contribution >= 4 is 28.8 Å². The van der Waals surface area contributed by atoms with Gasteiger partial charge in [0.25, 0.3) is 5.22 Å². The van der Waals surface area contributed by atoms with Crippen LogP contribution in [0.4, 0.5) is 0 Å². The molecule has 0 aliphatic rings. The fourth-order valence-corrected chi connectivity index (χ4v) is 2.51. The van der Waals surface area contributed by atoms with Gasteiger partial charge in [-0.3, -0.25) is 0 Å². The summed E-state index contributed by atoms with van der Waals surface area (Å²) in [7, 11) is 0. The van der Waals surface area contributed by atoms with Gasteiger partial charge in [-0.15, -0.1) is 0 Å². The number of hydrogen-bond donors (Lipinski definition) is 1. The largest absolute Gasteiger partial charge is 0.475 e. The first-order valence-corrected chi connectivity index (χ1v) is 6.50. The molecule has 0 fully saturated rings. The first-order valence-electron chi connectivity index (χ1n) is 5.52. The van der Waals surface area contributed by atoms with Gasteiger partial charge in [-0.1, -0.05) is 23.9 Å². The number of carbonyl (C=O) groups is 1. The van der Waals surface area contributed by atoms with Gasteiger partial charge in [0.05, 0.1) is 6.26 Å². The van der Waals surface area contributed by atoms with E-state index in [0.717, 1.165) is 11.1 Å². The predicted molar refractivity (Wildman–Crippen MR) is 69.2 cm³/mol. The zero-order valence-electron chi connectivity index (χ0n) is 9.70. The molecule has 1 N–H and O–H groups in total. The molecule has 0 saturated heterocycles. The lowest BCUT2D eigenvalue weighted by Gasteiger charge is -1.95. The maximum absolute atomic E-state index is 10.9. The minimum absolute atomic E-state index is 0.0383. The van der Waals surface area contributed by atoms with Crippen molar-refractivity contribution in [2.75, 3.05) is 0 Å². The summed E-state index contributed by atoms with van der Waals surface area (Å²) in [6.45, 7) is 0. The molecule has 5 nitrogen and oxygen atoms in total. The molecule has 0 atom stereocenters. The smallest absolute Gasteiger partial charge is 0.372 e. The number of fused-ring (bicyclic) bond motifs is 1. The summed E-state index contributed by atoms with van der Waals surface area (Å²) in [5.74, 6) is -0.674. The van der Waals surface area contributed by atoms with E-state index in [9.17, 15) is 4.79 Å². The van der Waals surface area contributed by atoms with E-state index in [0.29, 0.717) is 16.5 Å². The Balaban J connectivity index is 1.78. The van der Waals surface area contributed by atoms with E-state index in [1.807, 2.05) is 24.3 Å². The number of para-hydroxylation sites is 2. The van der Waals surface area contributed by atoms with Crippen LogP contribution in [0.5, 0.6) is 0 Å². The molecule has 3 rings (SSSR count). The molecule has 19 heavy (non-hydrogen) atoms. The van der Waals surface area contributed by atoms with Crippen molar-refractivity contribution in [3.63, 3.8) is 0 Å². The molecule has 0 unspecified atom stereocenters.